The van der Waals surface area contributed by atoms with Gasteiger partial charge in [0.1, 0.15) is 18.3 Å². The van der Waals surface area contributed by atoms with Gasteiger partial charge in [-0.15, -0.1) is 0 Å². The molecule has 1 aromatic carbocycles. The normalized spacial score (nSPS) is 10.4. The highest BCUT2D eigenvalue weighted by atomic mass is 16.5. The van der Waals surface area contributed by atoms with E-state index in [4.69, 9.17) is 4.42 Å². The lowest BCUT2D eigenvalue weighted by molar-refractivity contribution is -0.142. The van der Waals surface area contributed by atoms with Crippen LogP contribution >= 0.6 is 0 Å². The van der Waals surface area contributed by atoms with E-state index in [1.165, 1.54) is 6.26 Å². The second-order valence-electron chi connectivity index (χ2n) is 4.10. The van der Waals surface area contributed by atoms with Gasteiger partial charge in [-0.05, 0) is 18.6 Å². The van der Waals surface area contributed by atoms with Crippen LogP contribution in [0.25, 0.3) is 11.0 Å². The van der Waals surface area contributed by atoms with Gasteiger partial charge in [-0.3, -0.25) is 14.4 Å². The molecule has 0 aliphatic rings. The zero-order valence-corrected chi connectivity index (χ0v) is 10.6. The first-order valence-electron chi connectivity index (χ1n) is 5.65. The van der Waals surface area contributed by atoms with Gasteiger partial charge in [0, 0.05) is 5.39 Å². The molecule has 98 valence electrons. The summed E-state index contributed by atoms with van der Waals surface area (Å²) in [6, 6.07) is 5.33. The highest BCUT2D eigenvalue weighted by Gasteiger charge is 2.24. The van der Waals surface area contributed by atoms with Crippen molar-refractivity contribution in [3.63, 3.8) is 0 Å². The fourth-order valence-corrected chi connectivity index (χ4v) is 1.87. The maximum atomic E-state index is 12.0. The summed E-state index contributed by atoms with van der Waals surface area (Å²) in [6.45, 7) is 1.82. The first kappa shape index (κ1) is 13.0. The number of hydrogen-bond donors (Lipinski definition) is 0. The van der Waals surface area contributed by atoms with Crippen LogP contribution in [0.15, 0.2) is 28.9 Å². The molecule has 0 aliphatic heterocycles. The summed E-state index contributed by atoms with van der Waals surface area (Å²) in [4.78, 5) is 34.7. The van der Waals surface area contributed by atoms with Gasteiger partial charge >= 0.3 is 5.97 Å². The van der Waals surface area contributed by atoms with Crippen molar-refractivity contribution in [2.45, 2.75) is 13.3 Å². The van der Waals surface area contributed by atoms with Crippen molar-refractivity contribution in [1.29, 1.82) is 0 Å². The highest BCUT2D eigenvalue weighted by molar-refractivity contribution is 6.47. The van der Waals surface area contributed by atoms with E-state index in [-0.39, 0.29) is 5.56 Å². The van der Waals surface area contributed by atoms with Crippen LogP contribution in [0.1, 0.15) is 22.3 Å². The Labute approximate surface area is 109 Å². The second kappa shape index (κ2) is 5.06. The number of rotatable bonds is 4. The van der Waals surface area contributed by atoms with Crippen LogP contribution in [-0.2, 0) is 14.3 Å². The average Bonchev–Trinajstić information content (AvgIpc) is 2.82. The SMILES string of the molecule is COC(=O)CC(=O)C(=O)c1coc2cccc(C)c12. The van der Waals surface area contributed by atoms with Crippen LogP contribution in [0.2, 0.25) is 0 Å². The summed E-state index contributed by atoms with van der Waals surface area (Å²) in [5.41, 5.74) is 1.55. The van der Waals surface area contributed by atoms with Gasteiger partial charge < -0.3 is 9.15 Å². The fraction of sp³-hybridized carbons (Fsp3) is 0.214. The zero-order valence-electron chi connectivity index (χ0n) is 10.6. The molecule has 0 unspecified atom stereocenters. The Morgan fingerprint density at radius 1 is 1.26 bits per heavy atom. The van der Waals surface area contributed by atoms with Gasteiger partial charge in [-0.25, -0.2) is 0 Å². The fourth-order valence-electron chi connectivity index (χ4n) is 1.87. The lowest BCUT2D eigenvalue weighted by atomic mass is 10.0. The predicted molar refractivity (Wildman–Crippen MR) is 66.9 cm³/mol. The molecule has 2 rings (SSSR count). The molecule has 5 nitrogen and oxygen atoms in total. The number of carbonyl (C=O) groups is 3. The summed E-state index contributed by atoms with van der Waals surface area (Å²) < 4.78 is 9.61. The van der Waals surface area contributed by atoms with E-state index in [0.717, 1.165) is 12.7 Å². The molecule has 0 saturated carbocycles. The minimum atomic E-state index is -0.808. The van der Waals surface area contributed by atoms with Crippen molar-refractivity contribution in [3.05, 3.63) is 35.6 Å². The average molecular weight is 260 g/mol. The molecule has 2 aromatic rings. The summed E-state index contributed by atoms with van der Waals surface area (Å²) in [5.74, 6) is -2.28. The van der Waals surface area contributed by atoms with Gasteiger partial charge in [-0.1, -0.05) is 12.1 Å². The minimum absolute atomic E-state index is 0.182. The first-order valence-corrected chi connectivity index (χ1v) is 5.65. The molecule has 0 aliphatic carbocycles. The summed E-state index contributed by atoms with van der Waals surface area (Å²) in [6.07, 6.45) is 0.684. The quantitative estimate of drug-likeness (QED) is 0.364. The molecule has 0 radical (unpaired) electrons. The third kappa shape index (κ3) is 2.40. The van der Waals surface area contributed by atoms with Gasteiger partial charge in [0.25, 0.3) is 0 Å². The molecule has 1 aromatic heterocycles. The Morgan fingerprint density at radius 3 is 2.68 bits per heavy atom. The number of ketones is 2. The summed E-state index contributed by atoms with van der Waals surface area (Å²) in [5, 5.41) is 0.603. The van der Waals surface area contributed by atoms with Crippen LogP contribution in [0.5, 0.6) is 0 Å². The largest absolute Gasteiger partial charge is 0.469 e. The smallest absolute Gasteiger partial charge is 0.313 e. The van der Waals surface area contributed by atoms with Crippen molar-refractivity contribution in [2.75, 3.05) is 7.11 Å². The number of ether oxygens (including phenoxy) is 1. The van der Waals surface area contributed by atoms with Crippen molar-refractivity contribution in [2.24, 2.45) is 0 Å². The van der Waals surface area contributed by atoms with E-state index in [0.29, 0.717) is 11.0 Å². The maximum Gasteiger partial charge on any atom is 0.313 e. The van der Waals surface area contributed by atoms with Crippen molar-refractivity contribution in [3.8, 4) is 0 Å². The molecule has 1 heterocycles. The van der Waals surface area contributed by atoms with Gasteiger partial charge in [-0.2, -0.15) is 0 Å². The minimum Gasteiger partial charge on any atom is -0.469 e. The molecular formula is C14H12O5. The van der Waals surface area contributed by atoms with Crippen molar-refractivity contribution < 1.29 is 23.5 Å². The van der Waals surface area contributed by atoms with Crippen LogP contribution in [0.3, 0.4) is 0 Å². The molecule has 0 amide bonds. The van der Waals surface area contributed by atoms with E-state index in [2.05, 4.69) is 4.74 Å². The van der Waals surface area contributed by atoms with E-state index in [1.807, 2.05) is 13.0 Å². The zero-order chi connectivity index (χ0) is 14.0. The molecule has 0 atom stereocenters. The van der Waals surface area contributed by atoms with E-state index in [1.54, 1.807) is 12.1 Å². The number of fused-ring (bicyclic) bond motifs is 1. The van der Waals surface area contributed by atoms with Crippen LogP contribution in [0, 0.1) is 6.92 Å². The third-order valence-corrected chi connectivity index (χ3v) is 2.84. The number of Topliss-reactive ketones (excluding diaryl/α,β-unsaturated/α-hetero) is 2. The monoisotopic (exact) mass is 260 g/mol. The second-order valence-corrected chi connectivity index (χ2v) is 4.10. The third-order valence-electron chi connectivity index (χ3n) is 2.84. The molecule has 0 saturated heterocycles. The Hall–Kier alpha value is -2.43. The standard InChI is InChI=1S/C14H12O5/c1-8-4-3-5-11-13(8)9(7-19-11)14(17)10(15)6-12(16)18-2/h3-5,7H,6H2,1-2H3. The molecule has 19 heavy (non-hydrogen) atoms. The van der Waals surface area contributed by atoms with Gasteiger partial charge in [0.2, 0.25) is 11.6 Å². The lowest BCUT2D eigenvalue weighted by Crippen LogP contribution is -2.18. The van der Waals surface area contributed by atoms with E-state index < -0.39 is 24.0 Å². The summed E-state index contributed by atoms with van der Waals surface area (Å²) >= 11 is 0. The molecular weight excluding hydrogens is 248 g/mol. The topological polar surface area (TPSA) is 73.6 Å². The number of benzene rings is 1. The number of methoxy groups -OCH3 is 1. The molecule has 0 bridgehead atoms. The number of esters is 1. The Kier molecular flexibility index (Phi) is 3.46. The van der Waals surface area contributed by atoms with Crippen molar-refractivity contribution in [1.82, 2.24) is 0 Å². The number of furan rings is 1. The Bertz CT molecular complexity index is 666. The van der Waals surface area contributed by atoms with E-state index >= 15 is 0 Å². The Balaban J connectivity index is 2.37. The van der Waals surface area contributed by atoms with Gasteiger partial charge in [0.15, 0.2) is 0 Å². The highest BCUT2D eigenvalue weighted by Crippen LogP contribution is 2.25. The number of hydrogen-bond acceptors (Lipinski definition) is 5. The predicted octanol–water partition coefficient (Wildman–Crippen LogP) is 2.06. The van der Waals surface area contributed by atoms with Crippen molar-refractivity contribution >= 4 is 28.5 Å². The molecule has 0 N–H and O–H groups in total. The molecule has 0 fully saturated rings. The van der Waals surface area contributed by atoms with Crippen LogP contribution in [0.4, 0.5) is 0 Å². The number of aryl methyl sites for hydroxylation is 1. The van der Waals surface area contributed by atoms with Gasteiger partial charge in [0.05, 0.1) is 12.7 Å². The molecule has 0 spiro atoms. The summed E-state index contributed by atoms with van der Waals surface area (Å²) in [7, 11) is 1.16. The maximum absolute atomic E-state index is 12.0. The Morgan fingerprint density at radius 2 is 2.00 bits per heavy atom. The first-order chi connectivity index (χ1) is 9.04. The lowest BCUT2D eigenvalue weighted by Gasteiger charge is -2.00. The van der Waals surface area contributed by atoms with E-state index in [9.17, 15) is 14.4 Å². The van der Waals surface area contributed by atoms with Crippen LogP contribution in [-0.4, -0.2) is 24.6 Å². The van der Waals surface area contributed by atoms with Crippen LogP contribution < -0.4 is 0 Å². The molecule has 5 heteroatoms. The number of carbonyl (C=O) groups excluding carboxylic acids is 3.